The second-order valence-electron chi connectivity index (χ2n) is 6.47. The van der Waals surface area contributed by atoms with Crippen molar-refractivity contribution in [2.75, 3.05) is 31.2 Å². The maximum atomic E-state index is 10.2. The molecule has 20 heavy (non-hydrogen) atoms. The van der Waals surface area contributed by atoms with Crippen LogP contribution in [-0.2, 0) is 4.74 Å². The maximum Gasteiger partial charge on any atom is 0.0658 e. The van der Waals surface area contributed by atoms with Crippen LogP contribution in [0.2, 0.25) is 0 Å². The summed E-state index contributed by atoms with van der Waals surface area (Å²) in [6.45, 7) is 10.9. The van der Waals surface area contributed by atoms with Gasteiger partial charge in [0, 0.05) is 24.7 Å². The molecule has 1 aliphatic rings. The molecule has 1 aliphatic heterocycles. The van der Waals surface area contributed by atoms with Gasteiger partial charge in [0.15, 0.2) is 0 Å². The topological polar surface area (TPSA) is 45.6 Å². The molecular weight excluding hydrogens is 252 g/mol. The summed E-state index contributed by atoms with van der Waals surface area (Å²) in [5.74, 6) is 0.551. The summed E-state index contributed by atoms with van der Waals surface area (Å²) >= 11 is 0. The number of aromatic nitrogens is 1. The minimum Gasteiger partial charge on any atom is -0.390 e. The van der Waals surface area contributed by atoms with E-state index in [1.807, 2.05) is 20.0 Å². The van der Waals surface area contributed by atoms with Crippen molar-refractivity contribution < 1.29 is 9.84 Å². The fourth-order valence-corrected chi connectivity index (χ4v) is 2.40. The molecule has 0 radical (unpaired) electrons. The summed E-state index contributed by atoms with van der Waals surface area (Å²) in [6, 6.07) is 4.21. The van der Waals surface area contributed by atoms with Crippen LogP contribution < -0.4 is 4.90 Å². The number of aliphatic hydroxyl groups is 1. The predicted octanol–water partition coefficient (Wildman–Crippen LogP) is 2.43. The average Bonchev–Trinajstić information content (AvgIpc) is 2.64. The van der Waals surface area contributed by atoms with Crippen molar-refractivity contribution in [1.29, 1.82) is 0 Å². The first-order chi connectivity index (χ1) is 9.38. The Morgan fingerprint density at radius 3 is 2.70 bits per heavy atom. The lowest BCUT2D eigenvalue weighted by Crippen LogP contribution is -2.41. The van der Waals surface area contributed by atoms with E-state index in [0.29, 0.717) is 19.1 Å². The van der Waals surface area contributed by atoms with Crippen LogP contribution in [0.5, 0.6) is 0 Å². The summed E-state index contributed by atoms with van der Waals surface area (Å²) in [7, 11) is 0. The van der Waals surface area contributed by atoms with Crippen LogP contribution >= 0.6 is 0 Å². The van der Waals surface area contributed by atoms with Crippen LogP contribution in [0.15, 0.2) is 18.3 Å². The molecule has 0 unspecified atom stereocenters. The van der Waals surface area contributed by atoms with E-state index >= 15 is 0 Å². The van der Waals surface area contributed by atoms with Crippen molar-refractivity contribution in [3.63, 3.8) is 0 Å². The largest absolute Gasteiger partial charge is 0.390 e. The van der Waals surface area contributed by atoms with E-state index in [-0.39, 0.29) is 5.92 Å². The van der Waals surface area contributed by atoms with Crippen molar-refractivity contribution in [3.05, 3.63) is 24.0 Å². The highest BCUT2D eigenvalue weighted by atomic mass is 16.5. The van der Waals surface area contributed by atoms with Gasteiger partial charge in [0.05, 0.1) is 30.7 Å². The number of nitrogens with zero attached hydrogens (tertiary/aromatic N) is 2. The molecular formula is C16H26N2O2. The molecule has 1 atom stereocenters. The van der Waals surface area contributed by atoms with Gasteiger partial charge in [-0.3, -0.25) is 4.98 Å². The van der Waals surface area contributed by atoms with Crippen molar-refractivity contribution in [3.8, 4) is 0 Å². The molecule has 0 bridgehead atoms. The highest BCUT2D eigenvalue weighted by Crippen LogP contribution is 2.24. The third-order valence-electron chi connectivity index (χ3n) is 3.99. The summed E-state index contributed by atoms with van der Waals surface area (Å²) in [4.78, 5) is 6.78. The van der Waals surface area contributed by atoms with E-state index in [4.69, 9.17) is 4.74 Å². The molecule has 0 spiro atoms. The number of pyridine rings is 1. The zero-order chi connectivity index (χ0) is 14.8. The monoisotopic (exact) mass is 278 g/mol. The van der Waals surface area contributed by atoms with Gasteiger partial charge in [0.25, 0.3) is 0 Å². The first kappa shape index (κ1) is 15.3. The zero-order valence-electron chi connectivity index (χ0n) is 13.0. The van der Waals surface area contributed by atoms with Gasteiger partial charge in [-0.2, -0.15) is 0 Å². The number of rotatable bonds is 3. The normalized spacial score (nSPS) is 21.1. The van der Waals surface area contributed by atoms with Crippen LogP contribution in [0.1, 0.15) is 39.3 Å². The number of ether oxygens (including phenoxy) is 1. The lowest BCUT2D eigenvalue weighted by Gasteiger charge is -2.32. The third-order valence-corrected chi connectivity index (χ3v) is 3.99. The first-order valence-corrected chi connectivity index (χ1v) is 7.39. The quantitative estimate of drug-likeness (QED) is 0.922. The fraction of sp³-hybridized carbons (Fsp3) is 0.688. The average molecular weight is 278 g/mol. The molecule has 2 heterocycles. The van der Waals surface area contributed by atoms with Crippen molar-refractivity contribution in [2.24, 2.45) is 5.92 Å². The standard InChI is InChI=1S/C16H26N2O2/c1-12(2)15-6-5-14(9-17-15)18-7-8-20-11-13(10-18)16(3,4)19/h5-6,9,12-13,19H,7-8,10-11H2,1-4H3/t13-/m1/s1. The zero-order valence-corrected chi connectivity index (χ0v) is 13.0. The molecule has 1 N–H and O–H groups in total. The molecule has 0 amide bonds. The molecule has 0 aliphatic carbocycles. The fourth-order valence-electron chi connectivity index (χ4n) is 2.40. The SMILES string of the molecule is CC(C)c1ccc(N2CCOC[C@H](C(C)(C)O)C2)cn1. The summed E-state index contributed by atoms with van der Waals surface area (Å²) in [6.07, 6.45) is 1.93. The Balaban J connectivity index is 2.13. The molecule has 2 rings (SSSR count). The Bertz CT molecular complexity index is 423. The van der Waals surface area contributed by atoms with Crippen molar-refractivity contribution in [2.45, 2.75) is 39.2 Å². The van der Waals surface area contributed by atoms with E-state index in [9.17, 15) is 5.11 Å². The van der Waals surface area contributed by atoms with Gasteiger partial charge in [-0.15, -0.1) is 0 Å². The Morgan fingerprint density at radius 2 is 2.15 bits per heavy atom. The predicted molar refractivity (Wildman–Crippen MR) is 81.1 cm³/mol. The Kier molecular flexibility index (Phi) is 4.66. The second kappa shape index (κ2) is 6.10. The van der Waals surface area contributed by atoms with E-state index in [1.165, 1.54) is 0 Å². The van der Waals surface area contributed by atoms with Crippen LogP contribution in [0, 0.1) is 5.92 Å². The van der Waals surface area contributed by atoms with Crippen molar-refractivity contribution in [1.82, 2.24) is 4.98 Å². The summed E-state index contributed by atoms with van der Waals surface area (Å²) < 4.78 is 5.63. The Morgan fingerprint density at radius 1 is 1.40 bits per heavy atom. The molecule has 4 nitrogen and oxygen atoms in total. The molecule has 4 heteroatoms. The molecule has 1 aromatic heterocycles. The Labute approximate surface area is 121 Å². The molecule has 112 valence electrons. The maximum absolute atomic E-state index is 10.2. The Hall–Kier alpha value is -1.13. The first-order valence-electron chi connectivity index (χ1n) is 7.39. The second-order valence-corrected chi connectivity index (χ2v) is 6.47. The van der Waals surface area contributed by atoms with Gasteiger partial charge in [-0.05, 0) is 31.9 Å². The molecule has 1 aromatic rings. The third kappa shape index (κ3) is 3.70. The smallest absolute Gasteiger partial charge is 0.0658 e. The van der Waals surface area contributed by atoms with Gasteiger partial charge < -0.3 is 14.7 Å². The van der Waals surface area contributed by atoms with Crippen LogP contribution in [-0.4, -0.2) is 42.0 Å². The summed E-state index contributed by atoms with van der Waals surface area (Å²) in [5.41, 5.74) is 1.49. The number of anilines is 1. The minimum absolute atomic E-state index is 0.106. The highest BCUT2D eigenvalue weighted by Gasteiger charge is 2.30. The van der Waals surface area contributed by atoms with Crippen LogP contribution in [0.25, 0.3) is 0 Å². The molecule has 0 aromatic carbocycles. The van der Waals surface area contributed by atoms with Gasteiger partial charge >= 0.3 is 0 Å². The number of hydrogen-bond donors (Lipinski definition) is 1. The van der Waals surface area contributed by atoms with Gasteiger partial charge in [0.1, 0.15) is 0 Å². The van der Waals surface area contributed by atoms with E-state index in [2.05, 4.69) is 35.9 Å². The van der Waals surface area contributed by atoms with E-state index in [1.54, 1.807) is 0 Å². The van der Waals surface area contributed by atoms with E-state index in [0.717, 1.165) is 24.5 Å². The molecule has 1 fully saturated rings. The van der Waals surface area contributed by atoms with E-state index < -0.39 is 5.60 Å². The number of hydrogen-bond acceptors (Lipinski definition) is 4. The molecule has 0 saturated carbocycles. The highest BCUT2D eigenvalue weighted by molar-refractivity contribution is 5.45. The molecule has 1 saturated heterocycles. The van der Waals surface area contributed by atoms with Crippen LogP contribution in [0.4, 0.5) is 5.69 Å². The van der Waals surface area contributed by atoms with Crippen molar-refractivity contribution >= 4 is 5.69 Å². The lowest BCUT2D eigenvalue weighted by molar-refractivity contribution is -0.0158. The van der Waals surface area contributed by atoms with Gasteiger partial charge in [0.2, 0.25) is 0 Å². The summed E-state index contributed by atoms with van der Waals surface area (Å²) in [5, 5.41) is 10.2. The van der Waals surface area contributed by atoms with Gasteiger partial charge in [-0.1, -0.05) is 13.8 Å². The van der Waals surface area contributed by atoms with Gasteiger partial charge in [-0.25, -0.2) is 0 Å². The lowest BCUT2D eigenvalue weighted by atomic mass is 9.91. The van der Waals surface area contributed by atoms with Crippen LogP contribution in [0.3, 0.4) is 0 Å². The minimum atomic E-state index is -0.728.